The van der Waals surface area contributed by atoms with Gasteiger partial charge in [-0.15, -0.1) is 0 Å². The first-order valence-electron chi connectivity index (χ1n) is 6.48. The number of alkyl halides is 3. The summed E-state index contributed by atoms with van der Waals surface area (Å²) in [4.78, 5) is 26.9. The number of rotatable bonds is 3. The van der Waals surface area contributed by atoms with Crippen molar-refractivity contribution in [1.82, 2.24) is 9.88 Å². The van der Waals surface area contributed by atoms with Gasteiger partial charge in [-0.2, -0.15) is 13.2 Å². The lowest BCUT2D eigenvalue weighted by molar-refractivity contribution is -0.137. The van der Waals surface area contributed by atoms with Gasteiger partial charge in [0.05, 0.1) is 11.1 Å². The molecule has 23 heavy (non-hydrogen) atoms. The molecule has 0 radical (unpaired) electrons. The number of hydrogen-bond donors (Lipinski definition) is 1. The summed E-state index contributed by atoms with van der Waals surface area (Å²) in [5, 5.41) is -0.136. The topological polar surface area (TPSA) is 53.2 Å². The molecule has 0 saturated carbocycles. The average Bonchev–Trinajstić information content (AvgIpc) is 2.48. The summed E-state index contributed by atoms with van der Waals surface area (Å²) in [6.45, 7) is -0.0144. The Morgan fingerprint density at radius 2 is 2.00 bits per heavy atom. The number of aromatic amines is 1. The van der Waals surface area contributed by atoms with Crippen molar-refractivity contribution in [2.24, 2.45) is 0 Å². The maximum Gasteiger partial charge on any atom is 0.416 e. The number of H-pyrrole nitrogens is 1. The van der Waals surface area contributed by atoms with Crippen molar-refractivity contribution in [2.75, 3.05) is 7.05 Å². The van der Waals surface area contributed by atoms with Crippen LogP contribution in [-0.4, -0.2) is 22.8 Å². The second-order valence-electron chi connectivity index (χ2n) is 4.92. The van der Waals surface area contributed by atoms with Crippen molar-refractivity contribution in [3.05, 3.63) is 68.6 Å². The summed E-state index contributed by atoms with van der Waals surface area (Å²) in [5.41, 5.74) is -0.818. The standard InChI is InChI=1S/C15H12ClF3N2O2/c1-21(14(23)10-6-12(16)13(22)20-7-10)8-9-3-2-4-11(5-9)15(17,18)19/h2-7H,8H2,1H3,(H,20,22). The number of benzene rings is 1. The molecule has 1 N–H and O–H groups in total. The quantitative estimate of drug-likeness (QED) is 0.928. The summed E-state index contributed by atoms with van der Waals surface area (Å²) in [5.74, 6) is -0.472. The van der Waals surface area contributed by atoms with Gasteiger partial charge in [0.25, 0.3) is 11.5 Å². The molecule has 1 aromatic heterocycles. The number of carbonyl (C=O) groups is 1. The number of aromatic nitrogens is 1. The Morgan fingerprint density at radius 3 is 2.61 bits per heavy atom. The first kappa shape index (κ1) is 17.1. The molecular formula is C15H12ClF3N2O2. The molecule has 1 amide bonds. The third kappa shape index (κ3) is 4.13. The molecule has 0 saturated heterocycles. The monoisotopic (exact) mass is 344 g/mol. The molecule has 122 valence electrons. The molecule has 0 bridgehead atoms. The highest BCUT2D eigenvalue weighted by Crippen LogP contribution is 2.29. The van der Waals surface area contributed by atoms with Gasteiger partial charge in [-0.3, -0.25) is 9.59 Å². The van der Waals surface area contributed by atoms with Gasteiger partial charge in [0.15, 0.2) is 0 Å². The Labute approximate surface area is 134 Å². The zero-order valence-electron chi connectivity index (χ0n) is 11.9. The van der Waals surface area contributed by atoms with Crippen LogP contribution < -0.4 is 5.56 Å². The van der Waals surface area contributed by atoms with Gasteiger partial charge < -0.3 is 9.88 Å². The molecular weight excluding hydrogens is 333 g/mol. The molecule has 1 aromatic carbocycles. The van der Waals surface area contributed by atoms with E-state index in [2.05, 4.69) is 4.98 Å². The van der Waals surface area contributed by atoms with E-state index in [0.717, 1.165) is 12.1 Å². The van der Waals surface area contributed by atoms with Crippen LogP contribution in [0.2, 0.25) is 5.02 Å². The molecule has 0 aliphatic heterocycles. The minimum Gasteiger partial charge on any atom is -0.337 e. The normalized spacial score (nSPS) is 11.3. The van der Waals surface area contributed by atoms with Crippen molar-refractivity contribution >= 4 is 17.5 Å². The van der Waals surface area contributed by atoms with Crippen LogP contribution in [0.5, 0.6) is 0 Å². The number of pyridine rings is 1. The number of carbonyl (C=O) groups excluding carboxylic acids is 1. The van der Waals surface area contributed by atoms with Gasteiger partial charge in [0.1, 0.15) is 5.02 Å². The van der Waals surface area contributed by atoms with Crippen molar-refractivity contribution < 1.29 is 18.0 Å². The second kappa shape index (κ2) is 6.45. The smallest absolute Gasteiger partial charge is 0.337 e. The number of nitrogens with zero attached hydrogens (tertiary/aromatic N) is 1. The lowest BCUT2D eigenvalue weighted by atomic mass is 10.1. The van der Waals surface area contributed by atoms with Crippen molar-refractivity contribution in [2.45, 2.75) is 12.7 Å². The number of nitrogens with one attached hydrogen (secondary N) is 1. The predicted octanol–water partition coefficient (Wildman–Crippen LogP) is 3.32. The highest BCUT2D eigenvalue weighted by atomic mass is 35.5. The minimum absolute atomic E-state index is 0.0144. The molecule has 0 unspecified atom stereocenters. The van der Waals surface area contributed by atoms with Gasteiger partial charge in [-0.1, -0.05) is 23.7 Å². The van der Waals surface area contributed by atoms with E-state index in [4.69, 9.17) is 11.6 Å². The van der Waals surface area contributed by atoms with Crippen molar-refractivity contribution in [3.63, 3.8) is 0 Å². The highest BCUT2D eigenvalue weighted by Gasteiger charge is 2.30. The summed E-state index contributed by atoms with van der Waals surface area (Å²) in [6.07, 6.45) is -3.23. The van der Waals surface area contributed by atoms with Gasteiger partial charge in [-0.05, 0) is 23.8 Å². The Balaban J connectivity index is 2.18. The SMILES string of the molecule is CN(Cc1cccc(C(F)(F)F)c1)C(=O)c1c[nH]c(=O)c(Cl)c1. The minimum atomic E-state index is -4.44. The number of amides is 1. The summed E-state index contributed by atoms with van der Waals surface area (Å²) >= 11 is 5.65. The van der Waals surface area contributed by atoms with E-state index in [1.54, 1.807) is 0 Å². The summed E-state index contributed by atoms with van der Waals surface area (Å²) < 4.78 is 38.0. The molecule has 0 aliphatic rings. The first-order chi connectivity index (χ1) is 10.7. The van der Waals surface area contributed by atoms with Crippen LogP contribution in [-0.2, 0) is 12.7 Å². The molecule has 0 aliphatic carbocycles. The second-order valence-corrected chi connectivity index (χ2v) is 5.33. The fourth-order valence-electron chi connectivity index (χ4n) is 1.99. The van der Waals surface area contributed by atoms with E-state index in [1.165, 1.54) is 36.3 Å². The van der Waals surface area contributed by atoms with E-state index in [0.29, 0.717) is 5.56 Å². The molecule has 0 atom stereocenters. The van der Waals surface area contributed by atoms with Crippen LogP contribution in [0.15, 0.2) is 41.3 Å². The zero-order chi connectivity index (χ0) is 17.2. The van der Waals surface area contributed by atoms with Crippen LogP contribution >= 0.6 is 11.6 Å². The third-order valence-corrected chi connectivity index (χ3v) is 3.41. The average molecular weight is 345 g/mol. The van der Waals surface area contributed by atoms with Crippen LogP contribution in [0.4, 0.5) is 13.2 Å². The lowest BCUT2D eigenvalue weighted by Gasteiger charge is -2.18. The fourth-order valence-corrected chi connectivity index (χ4v) is 2.16. The molecule has 8 heteroatoms. The number of halogens is 4. The van der Waals surface area contributed by atoms with Gasteiger partial charge in [0, 0.05) is 19.8 Å². The summed E-state index contributed by atoms with van der Waals surface area (Å²) in [7, 11) is 1.45. The fraction of sp³-hybridized carbons (Fsp3) is 0.200. The van der Waals surface area contributed by atoms with Crippen LogP contribution in [0, 0.1) is 0 Å². The van der Waals surface area contributed by atoms with Crippen LogP contribution in [0.25, 0.3) is 0 Å². The van der Waals surface area contributed by atoms with Gasteiger partial charge in [0.2, 0.25) is 0 Å². The lowest BCUT2D eigenvalue weighted by Crippen LogP contribution is -2.27. The molecule has 0 spiro atoms. The maximum atomic E-state index is 12.7. The van der Waals surface area contributed by atoms with Crippen LogP contribution in [0.3, 0.4) is 0 Å². The Morgan fingerprint density at radius 1 is 1.30 bits per heavy atom. The molecule has 1 heterocycles. The Kier molecular flexibility index (Phi) is 4.79. The van der Waals surface area contributed by atoms with Crippen molar-refractivity contribution in [3.8, 4) is 0 Å². The Hall–Kier alpha value is -2.28. The van der Waals surface area contributed by atoms with Crippen LogP contribution in [0.1, 0.15) is 21.5 Å². The van der Waals surface area contributed by atoms with Crippen molar-refractivity contribution in [1.29, 1.82) is 0 Å². The highest BCUT2D eigenvalue weighted by molar-refractivity contribution is 6.30. The largest absolute Gasteiger partial charge is 0.416 e. The van der Waals surface area contributed by atoms with E-state index in [-0.39, 0.29) is 17.1 Å². The van der Waals surface area contributed by atoms with E-state index >= 15 is 0 Å². The third-order valence-electron chi connectivity index (χ3n) is 3.13. The van der Waals surface area contributed by atoms with E-state index in [1.807, 2.05) is 0 Å². The zero-order valence-corrected chi connectivity index (χ0v) is 12.7. The Bertz CT molecular complexity index is 787. The first-order valence-corrected chi connectivity index (χ1v) is 6.86. The maximum absolute atomic E-state index is 12.7. The van der Waals surface area contributed by atoms with Gasteiger partial charge in [-0.25, -0.2) is 0 Å². The number of hydrogen-bond acceptors (Lipinski definition) is 2. The molecule has 0 fully saturated rings. The molecule has 4 nitrogen and oxygen atoms in total. The van der Waals surface area contributed by atoms with E-state index in [9.17, 15) is 22.8 Å². The molecule has 2 rings (SSSR count). The molecule has 2 aromatic rings. The van der Waals surface area contributed by atoms with E-state index < -0.39 is 23.2 Å². The summed E-state index contributed by atoms with van der Waals surface area (Å²) in [6, 6.07) is 5.95. The predicted molar refractivity (Wildman–Crippen MR) is 79.3 cm³/mol. The van der Waals surface area contributed by atoms with Gasteiger partial charge >= 0.3 is 6.18 Å².